The van der Waals surface area contributed by atoms with E-state index in [1.54, 1.807) is 18.0 Å². The second-order valence-corrected chi connectivity index (χ2v) is 3.81. The van der Waals surface area contributed by atoms with Crippen molar-refractivity contribution in [1.82, 2.24) is 9.97 Å². The highest BCUT2D eigenvalue weighted by Crippen LogP contribution is 2.12. The molecule has 6 heteroatoms. The fraction of sp³-hybridized carbons (Fsp3) is 0.500. The summed E-state index contributed by atoms with van der Waals surface area (Å²) >= 11 is 0. The third kappa shape index (κ3) is 3.72. The Morgan fingerprint density at radius 2 is 2.25 bits per heavy atom. The number of aromatic nitrogens is 2. The maximum Gasteiger partial charge on any atom is 0.323 e. The molecule has 1 aromatic rings. The van der Waals surface area contributed by atoms with E-state index < -0.39 is 5.97 Å². The van der Waals surface area contributed by atoms with Crippen LogP contribution in [0, 0.1) is 0 Å². The van der Waals surface area contributed by atoms with Crippen LogP contribution in [0.1, 0.15) is 13.8 Å². The SMILES string of the molecule is CC(C)Nc1cc(N(C)CC(=O)O)ncn1. The molecule has 0 atom stereocenters. The Morgan fingerprint density at radius 3 is 2.81 bits per heavy atom. The second kappa shape index (κ2) is 5.29. The predicted octanol–water partition coefficient (Wildman–Crippen LogP) is 0.818. The third-order valence-corrected chi connectivity index (χ3v) is 1.85. The van der Waals surface area contributed by atoms with Crippen LogP contribution in [0.15, 0.2) is 12.4 Å². The lowest BCUT2D eigenvalue weighted by Crippen LogP contribution is -2.26. The zero-order valence-corrected chi connectivity index (χ0v) is 9.64. The van der Waals surface area contributed by atoms with Gasteiger partial charge in [0.25, 0.3) is 0 Å². The number of anilines is 2. The lowest BCUT2D eigenvalue weighted by Gasteiger charge is -2.16. The van der Waals surface area contributed by atoms with E-state index >= 15 is 0 Å². The standard InChI is InChI=1S/C10H16N4O2/c1-7(2)13-8-4-9(12-6-11-8)14(3)5-10(15)16/h4,6-7H,5H2,1-3H3,(H,15,16)(H,11,12,13). The number of aliphatic carboxylic acids is 1. The molecule has 1 rings (SSSR count). The van der Waals surface area contributed by atoms with Gasteiger partial charge in [-0.25, -0.2) is 9.97 Å². The molecule has 0 aliphatic heterocycles. The smallest absolute Gasteiger partial charge is 0.323 e. The summed E-state index contributed by atoms with van der Waals surface area (Å²) < 4.78 is 0. The molecule has 0 aromatic carbocycles. The fourth-order valence-corrected chi connectivity index (χ4v) is 1.21. The molecular weight excluding hydrogens is 208 g/mol. The van der Waals surface area contributed by atoms with Gasteiger partial charge in [-0.05, 0) is 13.8 Å². The minimum absolute atomic E-state index is 0.0852. The quantitative estimate of drug-likeness (QED) is 0.771. The van der Waals surface area contributed by atoms with Crippen molar-refractivity contribution < 1.29 is 9.90 Å². The van der Waals surface area contributed by atoms with Gasteiger partial charge in [0, 0.05) is 19.2 Å². The Labute approximate surface area is 94.3 Å². The Hall–Kier alpha value is -1.85. The average Bonchev–Trinajstić information content (AvgIpc) is 2.16. The molecule has 0 fully saturated rings. The summed E-state index contributed by atoms with van der Waals surface area (Å²) in [7, 11) is 1.68. The summed E-state index contributed by atoms with van der Waals surface area (Å²) in [5.41, 5.74) is 0. The van der Waals surface area contributed by atoms with Crippen molar-refractivity contribution in [2.75, 3.05) is 23.8 Å². The molecule has 1 heterocycles. The molecule has 0 saturated carbocycles. The Kier molecular flexibility index (Phi) is 4.04. The Morgan fingerprint density at radius 1 is 1.56 bits per heavy atom. The maximum absolute atomic E-state index is 10.5. The van der Waals surface area contributed by atoms with E-state index in [9.17, 15) is 4.79 Å². The van der Waals surface area contributed by atoms with Gasteiger partial charge in [0.15, 0.2) is 0 Å². The summed E-state index contributed by atoms with van der Waals surface area (Å²) in [6, 6.07) is 2.00. The van der Waals surface area contributed by atoms with Crippen LogP contribution < -0.4 is 10.2 Å². The molecule has 1 aromatic heterocycles. The molecule has 2 N–H and O–H groups in total. The van der Waals surface area contributed by atoms with Gasteiger partial charge in [-0.15, -0.1) is 0 Å². The van der Waals surface area contributed by atoms with Crippen LogP contribution in [0.25, 0.3) is 0 Å². The van der Waals surface area contributed by atoms with Crippen molar-refractivity contribution in [2.24, 2.45) is 0 Å². The number of carboxylic acid groups (broad SMARTS) is 1. The highest BCUT2D eigenvalue weighted by atomic mass is 16.4. The van der Waals surface area contributed by atoms with Crippen LogP contribution >= 0.6 is 0 Å². The molecule has 0 bridgehead atoms. The van der Waals surface area contributed by atoms with Gasteiger partial charge >= 0.3 is 5.97 Å². The van der Waals surface area contributed by atoms with E-state index in [2.05, 4.69) is 15.3 Å². The Bertz CT molecular complexity index is 368. The normalized spacial score (nSPS) is 10.2. The largest absolute Gasteiger partial charge is 0.480 e. The van der Waals surface area contributed by atoms with Crippen molar-refractivity contribution in [1.29, 1.82) is 0 Å². The van der Waals surface area contributed by atoms with Crippen LogP contribution in [0.5, 0.6) is 0 Å². The molecule has 0 aliphatic carbocycles. The summed E-state index contributed by atoms with van der Waals surface area (Å²) in [5.74, 6) is 0.386. The minimum atomic E-state index is -0.889. The molecule has 6 nitrogen and oxygen atoms in total. The predicted molar refractivity (Wildman–Crippen MR) is 61.7 cm³/mol. The number of hydrogen-bond donors (Lipinski definition) is 2. The van der Waals surface area contributed by atoms with E-state index in [0.717, 1.165) is 0 Å². The summed E-state index contributed by atoms with van der Waals surface area (Å²) in [5, 5.41) is 11.8. The van der Waals surface area contributed by atoms with Gasteiger partial charge in [-0.1, -0.05) is 0 Å². The number of nitrogens with one attached hydrogen (secondary N) is 1. The lowest BCUT2D eigenvalue weighted by molar-refractivity contribution is -0.135. The van der Waals surface area contributed by atoms with Gasteiger partial charge < -0.3 is 15.3 Å². The molecule has 88 valence electrons. The van der Waals surface area contributed by atoms with Gasteiger partial charge in [-0.2, -0.15) is 0 Å². The van der Waals surface area contributed by atoms with E-state index in [1.807, 2.05) is 13.8 Å². The van der Waals surface area contributed by atoms with E-state index in [1.165, 1.54) is 6.33 Å². The minimum Gasteiger partial charge on any atom is -0.480 e. The first-order valence-electron chi connectivity index (χ1n) is 5.00. The van der Waals surface area contributed by atoms with E-state index in [-0.39, 0.29) is 12.6 Å². The third-order valence-electron chi connectivity index (χ3n) is 1.85. The number of nitrogens with zero attached hydrogens (tertiary/aromatic N) is 3. The monoisotopic (exact) mass is 224 g/mol. The molecule has 16 heavy (non-hydrogen) atoms. The highest BCUT2D eigenvalue weighted by Gasteiger charge is 2.08. The van der Waals surface area contributed by atoms with Gasteiger partial charge in [0.2, 0.25) is 0 Å². The molecule has 0 aliphatic rings. The van der Waals surface area contributed by atoms with Gasteiger partial charge in [-0.3, -0.25) is 4.79 Å². The first-order valence-corrected chi connectivity index (χ1v) is 5.00. The number of likely N-dealkylation sites (N-methyl/N-ethyl adjacent to an activating group) is 1. The number of carboxylic acids is 1. The topological polar surface area (TPSA) is 78.4 Å². The molecule has 0 radical (unpaired) electrons. The zero-order chi connectivity index (χ0) is 12.1. The van der Waals surface area contributed by atoms with Crippen LogP contribution in [0.4, 0.5) is 11.6 Å². The van der Waals surface area contributed by atoms with E-state index in [0.29, 0.717) is 11.6 Å². The number of hydrogen-bond acceptors (Lipinski definition) is 5. The summed E-state index contributed by atoms with van der Waals surface area (Å²) in [4.78, 5) is 20.2. The van der Waals surface area contributed by atoms with Crippen molar-refractivity contribution >= 4 is 17.6 Å². The molecule has 0 unspecified atom stereocenters. The first-order chi connectivity index (χ1) is 7.49. The first kappa shape index (κ1) is 12.2. The summed E-state index contributed by atoms with van der Waals surface area (Å²) in [6.45, 7) is 3.92. The van der Waals surface area contributed by atoms with Crippen LogP contribution in [-0.2, 0) is 4.79 Å². The molecule has 0 amide bonds. The van der Waals surface area contributed by atoms with Gasteiger partial charge in [0.1, 0.15) is 24.5 Å². The van der Waals surface area contributed by atoms with Crippen molar-refractivity contribution in [3.8, 4) is 0 Å². The van der Waals surface area contributed by atoms with Crippen molar-refractivity contribution in [2.45, 2.75) is 19.9 Å². The average molecular weight is 224 g/mol. The molecule has 0 saturated heterocycles. The van der Waals surface area contributed by atoms with Gasteiger partial charge in [0.05, 0.1) is 0 Å². The van der Waals surface area contributed by atoms with Crippen molar-refractivity contribution in [3.05, 3.63) is 12.4 Å². The highest BCUT2D eigenvalue weighted by molar-refractivity contribution is 5.73. The van der Waals surface area contributed by atoms with Crippen LogP contribution in [0.3, 0.4) is 0 Å². The Balaban J connectivity index is 2.77. The fourth-order valence-electron chi connectivity index (χ4n) is 1.21. The number of carbonyl (C=O) groups is 1. The zero-order valence-electron chi connectivity index (χ0n) is 9.64. The lowest BCUT2D eigenvalue weighted by atomic mass is 10.4. The van der Waals surface area contributed by atoms with Crippen LogP contribution in [0.2, 0.25) is 0 Å². The second-order valence-electron chi connectivity index (χ2n) is 3.81. The van der Waals surface area contributed by atoms with E-state index in [4.69, 9.17) is 5.11 Å². The van der Waals surface area contributed by atoms with Crippen molar-refractivity contribution in [3.63, 3.8) is 0 Å². The summed E-state index contributed by atoms with van der Waals surface area (Å²) in [6.07, 6.45) is 1.42. The van der Waals surface area contributed by atoms with Crippen LogP contribution in [-0.4, -0.2) is 40.7 Å². The number of rotatable bonds is 5. The maximum atomic E-state index is 10.5. The molecular formula is C10H16N4O2. The molecule has 0 spiro atoms.